The van der Waals surface area contributed by atoms with E-state index in [1.165, 1.54) is 5.56 Å². The maximum Gasteiger partial charge on any atom is 0.322 e. The van der Waals surface area contributed by atoms with Crippen molar-refractivity contribution in [3.05, 3.63) is 65.2 Å². The van der Waals surface area contributed by atoms with Crippen LogP contribution >= 0.6 is 0 Å². The highest BCUT2D eigenvalue weighted by molar-refractivity contribution is 5.90. The summed E-state index contributed by atoms with van der Waals surface area (Å²) in [5.41, 5.74) is 3.91. The Labute approximate surface area is 148 Å². The molecule has 5 nitrogen and oxygen atoms in total. The lowest BCUT2D eigenvalue weighted by Gasteiger charge is -2.36. The number of nitrogens with one attached hydrogen (secondary N) is 1. The molecule has 5 heteroatoms. The molecule has 0 fully saturated rings. The molecule has 1 heterocycles. The maximum absolute atomic E-state index is 12.8. The average Bonchev–Trinajstić information content (AvgIpc) is 2.66. The van der Waals surface area contributed by atoms with Crippen LogP contribution in [-0.4, -0.2) is 35.8 Å². The zero-order chi connectivity index (χ0) is 17.6. The van der Waals surface area contributed by atoms with Crippen LogP contribution in [0.15, 0.2) is 48.5 Å². The molecule has 2 aromatic rings. The smallest absolute Gasteiger partial charge is 0.322 e. The van der Waals surface area contributed by atoms with Gasteiger partial charge in [0.1, 0.15) is 0 Å². The average molecular weight is 340 g/mol. The number of benzene rings is 2. The van der Waals surface area contributed by atoms with Gasteiger partial charge in [0.15, 0.2) is 0 Å². The molecule has 1 unspecified atom stereocenters. The van der Waals surface area contributed by atoms with Gasteiger partial charge >= 0.3 is 6.03 Å². The maximum atomic E-state index is 12.8. The lowest BCUT2D eigenvalue weighted by atomic mass is 9.93. The van der Waals surface area contributed by atoms with Gasteiger partial charge in [-0.25, -0.2) is 4.79 Å². The van der Waals surface area contributed by atoms with Crippen molar-refractivity contribution in [1.29, 1.82) is 0 Å². The zero-order valence-corrected chi connectivity index (χ0v) is 14.4. The third-order valence-electron chi connectivity index (χ3n) is 4.57. The van der Waals surface area contributed by atoms with Gasteiger partial charge in [0.25, 0.3) is 0 Å². The minimum Gasteiger partial charge on any atom is -0.394 e. The van der Waals surface area contributed by atoms with Crippen molar-refractivity contribution < 1.29 is 14.6 Å². The molecule has 2 amide bonds. The van der Waals surface area contributed by atoms with E-state index in [9.17, 15) is 9.90 Å². The number of amides is 2. The van der Waals surface area contributed by atoms with Crippen molar-refractivity contribution in [1.82, 2.24) is 4.90 Å². The normalized spacial score (nSPS) is 16.4. The van der Waals surface area contributed by atoms with E-state index in [1.54, 1.807) is 4.90 Å². The molecule has 1 atom stereocenters. The zero-order valence-electron chi connectivity index (χ0n) is 14.4. The summed E-state index contributed by atoms with van der Waals surface area (Å²) < 4.78 is 5.47. The Morgan fingerprint density at radius 2 is 2.00 bits per heavy atom. The standard InChI is InChI=1S/C20H24N2O3/c1-2-25-14-16-8-4-6-10-18(16)21-20(24)22-12-11-15-7-3-5-9-17(15)19(22)13-23/h3-10,19,23H,2,11-14H2,1H3,(H,21,24). The highest BCUT2D eigenvalue weighted by atomic mass is 16.5. The van der Waals surface area contributed by atoms with Crippen molar-refractivity contribution in [2.75, 3.05) is 25.1 Å². The van der Waals surface area contributed by atoms with E-state index in [0.29, 0.717) is 19.8 Å². The summed E-state index contributed by atoms with van der Waals surface area (Å²) in [4.78, 5) is 14.5. The van der Waals surface area contributed by atoms with Crippen molar-refractivity contribution in [2.24, 2.45) is 0 Å². The van der Waals surface area contributed by atoms with Gasteiger partial charge in [-0.2, -0.15) is 0 Å². The van der Waals surface area contributed by atoms with E-state index in [-0.39, 0.29) is 18.7 Å². The Morgan fingerprint density at radius 1 is 1.24 bits per heavy atom. The number of fused-ring (bicyclic) bond motifs is 1. The number of anilines is 1. The molecule has 3 rings (SSSR count). The summed E-state index contributed by atoms with van der Waals surface area (Å²) in [5.74, 6) is 0. The van der Waals surface area contributed by atoms with Crippen LogP contribution in [0.2, 0.25) is 0 Å². The summed E-state index contributed by atoms with van der Waals surface area (Å²) in [7, 11) is 0. The predicted molar refractivity (Wildman–Crippen MR) is 97.5 cm³/mol. The number of hydrogen-bond donors (Lipinski definition) is 2. The SMILES string of the molecule is CCOCc1ccccc1NC(=O)N1CCc2ccccc2C1CO. The van der Waals surface area contributed by atoms with Gasteiger partial charge < -0.3 is 20.1 Å². The number of hydrogen-bond acceptors (Lipinski definition) is 3. The molecule has 132 valence electrons. The molecule has 2 aromatic carbocycles. The van der Waals surface area contributed by atoms with E-state index in [1.807, 2.05) is 49.4 Å². The number of nitrogens with zero attached hydrogens (tertiary/aromatic N) is 1. The fourth-order valence-corrected chi connectivity index (χ4v) is 3.26. The molecule has 2 N–H and O–H groups in total. The van der Waals surface area contributed by atoms with Gasteiger partial charge in [-0.1, -0.05) is 42.5 Å². The van der Waals surface area contributed by atoms with E-state index < -0.39 is 0 Å². The van der Waals surface area contributed by atoms with Crippen molar-refractivity contribution in [3.8, 4) is 0 Å². The summed E-state index contributed by atoms with van der Waals surface area (Å²) in [6, 6.07) is 15.1. The molecule has 1 aliphatic heterocycles. The third kappa shape index (κ3) is 3.83. The lowest BCUT2D eigenvalue weighted by Crippen LogP contribution is -2.44. The van der Waals surface area contributed by atoms with Crippen LogP contribution in [0.4, 0.5) is 10.5 Å². The summed E-state index contributed by atoms with van der Waals surface area (Å²) in [6.45, 7) is 3.52. The molecule has 0 bridgehead atoms. The lowest BCUT2D eigenvalue weighted by molar-refractivity contribution is 0.133. The topological polar surface area (TPSA) is 61.8 Å². The van der Waals surface area contributed by atoms with Crippen molar-refractivity contribution in [2.45, 2.75) is 26.0 Å². The number of para-hydroxylation sites is 1. The van der Waals surface area contributed by atoms with Crippen LogP contribution in [-0.2, 0) is 17.8 Å². The molecule has 0 aliphatic carbocycles. The van der Waals surface area contributed by atoms with Crippen LogP contribution in [0.1, 0.15) is 29.7 Å². The van der Waals surface area contributed by atoms with Gasteiger partial charge in [-0.3, -0.25) is 0 Å². The summed E-state index contributed by atoms with van der Waals surface area (Å²) in [5, 5.41) is 12.8. The van der Waals surface area contributed by atoms with Gasteiger partial charge in [0.2, 0.25) is 0 Å². The summed E-state index contributed by atoms with van der Waals surface area (Å²) in [6.07, 6.45) is 0.792. The number of urea groups is 1. The third-order valence-corrected chi connectivity index (χ3v) is 4.57. The molecular weight excluding hydrogens is 316 g/mol. The quantitative estimate of drug-likeness (QED) is 0.877. The van der Waals surface area contributed by atoms with Crippen molar-refractivity contribution >= 4 is 11.7 Å². The Kier molecular flexibility index (Phi) is 5.68. The molecule has 0 radical (unpaired) electrons. The Hall–Kier alpha value is -2.37. The van der Waals surface area contributed by atoms with E-state index in [2.05, 4.69) is 11.4 Å². The van der Waals surface area contributed by atoms with Crippen LogP contribution in [0, 0.1) is 0 Å². The predicted octanol–water partition coefficient (Wildman–Crippen LogP) is 3.35. The monoisotopic (exact) mass is 340 g/mol. The van der Waals surface area contributed by atoms with Crippen LogP contribution in [0.25, 0.3) is 0 Å². The fourth-order valence-electron chi connectivity index (χ4n) is 3.26. The van der Waals surface area contributed by atoms with Gasteiger partial charge in [-0.15, -0.1) is 0 Å². The second kappa shape index (κ2) is 8.14. The van der Waals surface area contributed by atoms with E-state index in [0.717, 1.165) is 23.2 Å². The first-order valence-electron chi connectivity index (χ1n) is 8.66. The highest BCUT2D eigenvalue weighted by Crippen LogP contribution is 2.30. The summed E-state index contributed by atoms with van der Waals surface area (Å²) >= 11 is 0. The second-order valence-corrected chi connectivity index (χ2v) is 6.07. The van der Waals surface area contributed by atoms with E-state index in [4.69, 9.17) is 4.74 Å². The number of ether oxygens (including phenoxy) is 1. The molecular formula is C20H24N2O3. The number of carbonyl (C=O) groups is 1. The van der Waals surface area contributed by atoms with E-state index >= 15 is 0 Å². The minimum atomic E-state index is -0.316. The first-order chi connectivity index (χ1) is 12.2. The number of carbonyl (C=O) groups excluding carboxylic acids is 1. The first kappa shape index (κ1) is 17.5. The van der Waals surface area contributed by atoms with Crippen LogP contribution in [0.3, 0.4) is 0 Å². The molecule has 0 aromatic heterocycles. The number of rotatable bonds is 5. The Balaban J connectivity index is 1.78. The Morgan fingerprint density at radius 3 is 2.80 bits per heavy atom. The van der Waals surface area contributed by atoms with Gasteiger partial charge in [0, 0.05) is 24.4 Å². The largest absolute Gasteiger partial charge is 0.394 e. The van der Waals surface area contributed by atoms with Crippen molar-refractivity contribution in [3.63, 3.8) is 0 Å². The fraction of sp³-hybridized carbons (Fsp3) is 0.350. The highest BCUT2D eigenvalue weighted by Gasteiger charge is 2.30. The molecule has 0 saturated carbocycles. The molecule has 25 heavy (non-hydrogen) atoms. The van der Waals surface area contributed by atoms with Crippen LogP contribution < -0.4 is 5.32 Å². The van der Waals surface area contributed by atoms with Gasteiger partial charge in [-0.05, 0) is 30.5 Å². The first-order valence-corrected chi connectivity index (χ1v) is 8.66. The van der Waals surface area contributed by atoms with Gasteiger partial charge in [0.05, 0.1) is 19.3 Å². The Bertz CT molecular complexity index is 732. The minimum absolute atomic E-state index is 0.0922. The number of aliphatic hydroxyl groups is 1. The second-order valence-electron chi connectivity index (χ2n) is 6.07. The molecule has 0 spiro atoms. The van der Waals surface area contributed by atoms with Crippen LogP contribution in [0.5, 0.6) is 0 Å². The molecule has 1 aliphatic rings. The molecule has 0 saturated heterocycles. The number of aliphatic hydroxyl groups excluding tert-OH is 1.